The molecule has 2 fully saturated rings. The van der Waals surface area contributed by atoms with Crippen molar-refractivity contribution < 1.29 is 0 Å². The lowest BCUT2D eigenvalue weighted by Gasteiger charge is -2.36. The maximum atomic E-state index is 4.43. The van der Waals surface area contributed by atoms with Gasteiger partial charge in [-0.25, -0.2) is 4.98 Å². The number of rotatable bonds is 6. The number of nitrogens with one attached hydrogen (secondary N) is 1. The van der Waals surface area contributed by atoms with E-state index in [1.165, 1.54) is 45.1 Å². The van der Waals surface area contributed by atoms with E-state index in [1.807, 2.05) is 11.7 Å². The lowest BCUT2D eigenvalue weighted by Crippen LogP contribution is -2.35. The Morgan fingerprint density at radius 1 is 1.25 bits per heavy atom. The molecule has 2 aliphatic carbocycles. The minimum Gasteiger partial charge on any atom is -0.314 e. The van der Waals surface area contributed by atoms with Crippen LogP contribution < -0.4 is 5.32 Å². The average Bonchev–Trinajstić information content (AvgIpc) is 3.21. The van der Waals surface area contributed by atoms with Gasteiger partial charge in [-0.2, -0.15) is 5.10 Å². The van der Waals surface area contributed by atoms with Crippen LogP contribution in [0.4, 0.5) is 0 Å². The van der Waals surface area contributed by atoms with E-state index in [1.54, 1.807) is 6.33 Å². The normalized spacial score (nSPS) is 30.6. The molecule has 0 bridgehead atoms. The fourth-order valence-electron chi connectivity index (χ4n) is 3.66. The summed E-state index contributed by atoms with van der Waals surface area (Å²) in [6.07, 6.45) is 11.1. The molecule has 4 nitrogen and oxygen atoms in total. The van der Waals surface area contributed by atoms with Gasteiger partial charge in [-0.1, -0.05) is 19.8 Å². The zero-order valence-electron chi connectivity index (χ0n) is 12.9. The van der Waals surface area contributed by atoms with Crippen LogP contribution in [0.3, 0.4) is 0 Å². The molecule has 3 rings (SSSR count). The largest absolute Gasteiger partial charge is 0.314 e. The highest BCUT2D eigenvalue weighted by Crippen LogP contribution is 2.37. The van der Waals surface area contributed by atoms with E-state index in [0.29, 0.717) is 0 Å². The molecular formula is C16H28N4. The summed E-state index contributed by atoms with van der Waals surface area (Å²) in [5, 5.41) is 7.96. The van der Waals surface area contributed by atoms with Crippen molar-refractivity contribution in [2.45, 2.75) is 57.9 Å². The Morgan fingerprint density at radius 2 is 2.10 bits per heavy atom. The number of hydrogen-bond acceptors (Lipinski definition) is 3. The second-order valence-corrected chi connectivity index (χ2v) is 6.79. The number of nitrogens with zero attached hydrogens (tertiary/aromatic N) is 3. The van der Waals surface area contributed by atoms with E-state index in [-0.39, 0.29) is 0 Å². The molecule has 0 spiro atoms. The molecule has 0 radical (unpaired) electrons. The summed E-state index contributed by atoms with van der Waals surface area (Å²) in [4.78, 5) is 4.43. The van der Waals surface area contributed by atoms with Crippen molar-refractivity contribution in [1.29, 1.82) is 0 Å². The van der Waals surface area contributed by atoms with E-state index < -0.39 is 0 Å². The maximum Gasteiger partial charge on any atom is 0.138 e. The van der Waals surface area contributed by atoms with Gasteiger partial charge in [0.2, 0.25) is 0 Å². The monoisotopic (exact) mass is 276 g/mol. The van der Waals surface area contributed by atoms with Crippen molar-refractivity contribution in [1.82, 2.24) is 20.1 Å². The summed E-state index contributed by atoms with van der Waals surface area (Å²) in [5.41, 5.74) is 0. The minimum atomic E-state index is 0.780. The third-order valence-electron chi connectivity index (χ3n) is 5.32. The Morgan fingerprint density at radius 3 is 2.75 bits per heavy atom. The molecule has 112 valence electrons. The van der Waals surface area contributed by atoms with Crippen LogP contribution in [-0.2, 0) is 13.5 Å². The third kappa shape index (κ3) is 3.40. The summed E-state index contributed by atoms with van der Waals surface area (Å²) < 4.78 is 1.95. The first kappa shape index (κ1) is 14.1. The zero-order chi connectivity index (χ0) is 13.9. The second-order valence-electron chi connectivity index (χ2n) is 6.79. The van der Waals surface area contributed by atoms with Crippen molar-refractivity contribution in [3.63, 3.8) is 0 Å². The first-order valence-electron chi connectivity index (χ1n) is 8.32. The van der Waals surface area contributed by atoms with Crippen LogP contribution in [0.25, 0.3) is 0 Å². The fourth-order valence-corrected chi connectivity index (χ4v) is 3.66. The van der Waals surface area contributed by atoms with Gasteiger partial charge in [0.05, 0.1) is 0 Å². The summed E-state index contributed by atoms with van der Waals surface area (Å²) in [7, 11) is 2.01. The van der Waals surface area contributed by atoms with Gasteiger partial charge in [0.1, 0.15) is 12.2 Å². The van der Waals surface area contributed by atoms with E-state index in [2.05, 4.69) is 22.3 Å². The Balaban J connectivity index is 1.62. The molecule has 0 amide bonds. The quantitative estimate of drug-likeness (QED) is 0.868. The molecule has 1 aromatic heterocycles. The topological polar surface area (TPSA) is 42.7 Å². The Bertz CT molecular complexity index is 424. The van der Waals surface area contributed by atoms with E-state index in [0.717, 1.165) is 36.0 Å². The van der Waals surface area contributed by atoms with Crippen LogP contribution in [0.1, 0.15) is 51.3 Å². The molecule has 1 N–H and O–H groups in total. The Kier molecular flexibility index (Phi) is 4.39. The van der Waals surface area contributed by atoms with E-state index in [9.17, 15) is 0 Å². The molecule has 4 heteroatoms. The fraction of sp³-hybridized carbons (Fsp3) is 0.875. The van der Waals surface area contributed by atoms with E-state index in [4.69, 9.17) is 0 Å². The highest BCUT2D eigenvalue weighted by molar-refractivity contribution is 4.92. The van der Waals surface area contributed by atoms with Crippen molar-refractivity contribution in [3.8, 4) is 0 Å². The van der Waals surface area contributed by atoms with Crippen molar-refractivity contribution in [3.05, 3.63) is 12.2 Å². The molecule has 0 saturated heterocycles. The molecule has 0 aliphatic heterocycles. The van der Waals surface area contributed by atoms with Crippen LogP contribution in [0, 0.1) is 17.8 Å². The van der Waals surface area contributed by atoms with Crippen LogP contribution >= 0.6 is 0 Å². The molecule has 2 aliphatic rings. The third-order valence-corrected chi connectivity index (χ3v) is 5.32. The molecule has 3 atom stereocenters. The van der Waals surface area contributed by atoms with Crippen molar-refractivity contribution in [2.24, 2.45) is 24.8 Å². The van der Waals surface area contributed by atoms with Crippen LogP contribution in [0.15, 0.2) is 6.33 Å². The van der Waals surface area contributed by atoms with Gasteiger partial charge in [-0.05, 0) is 50.0 Å². The van der Waals surface area contributed by atoms with Gasteiger partial charge in [0.25, 0.3) is 0 Å². The molecule has 2 saturated carbocycles. The predicted molar refractivity (Wildman–Crippen MR) is 80.3 cm³/mol. The second kappa shape index (κ2) is 6.25. The maximum absolute atomic E-state index is 4.43. The summed E-state index contributed by atoms with van der Waals surface area (Å²) in [5.74, 6) is 3.69. The number of aryl methyl sites for hydroxylation is 1. The van der Waals surface area contributed by atoms with Crippen LogP contribution in [0.2, 0.25) is 0 Å². The first-order chi connectivity index (χ1) is 9.76. The van der Waals surface area contributed by atoms with Gasteiger partial charge in [-0.3, -0.25) is 4.68 Å². The van der Waals surface area contributed by atoms with Crippen molar-refractivity contribution in [2.75, 3.05) is 6.54 Å². The Labute approximate surface area is 122 Å². The molecule has 1 aromatic rings. The number of hydrogen-bond donors (Lipinski definition) is 1. The first-order valence-corrected chi connectivity index (χ1v) is 8.32. The SMILES string of the molecule is CCC1CCC(CNC2CC2)C(Cc2ncnn2C)C1. The average molecular weight is 276 g/mol. The lowest BCUT2D eigenvalue weighted by atomic mass is 9.71. The lowest BCUT2D eigenvalue weighted by molar-refractivity contribution is 0.168. The summed E-state index contributed by atoms with van der Waals surface area (Å²) in [6, 6.07) is 0.828. The van der Waals surface area contributed by atoms with Crippen molar-refractivity contribution >= 4 is 0 Å². The molecule has 3 unspecified atom stereocenters. The summed E-state index contributed by atoms with van der Waals surface area (Å²) in [6.45, 7) is 3.55. The molecule has 20 heavy (non-hydrogen) atoms. The van der Waals surface area contributed by atoms with Gasteiger partial charge in [0, 0.05) is 19.5 Å². The van der Waals surface area contributed by atoms with Crippen LogP contribution in [-0.4, -0.2) is 27.4 Å². The molecular weight excluding hydrogens is 248 g/mol. The predicted octanol–water partition coefficient (Wildman–Crippen LogP) is 2.55. The number of aromatic nitrogens is 3. The van der Waals surface area contributed by atoms with Crippen LogP contribution in [0.5, 0.6) is 0 Å². The van der Waals surface area contributed by atoms with Gasteiger partial charge < -0.3 is 5.32 Å². The molecule has 1 heterocycles. The standard InChI is InChI=1S/C16H28N4/c1-3-12-4-5-13(10-17-15-6-7-15)14(8-12)9-16-18-11-19-20(16)2/h11-15,17H,3-10H2,1-2H3. The van der Waals surface area contributed by atoms with Gasteiger partial charge >= 0.3 is 0 Å². The molecule has 0 aromatic carbocycles. The smallest absolute Gasteiger partial charge is 0.138 e. The Hall–Kier alpha value is -0.900. The zero-order valence-corrected chi connectivity index (χ0v) is 12.9. The highest BCUT2D eigenvalue weighted by Gasteiger charge is 2.32. The highest BCUT2D eigenvalue weighted by atomic mass is 15.3. The minimum absolute atomic E-state index is 0.780. The summed E-state index contributed by atoms with van der Waals surface area (Å²) >= 11 is 0. The van der Waals surface area contributed by atoms with Gasteiger partial charge in [0.15, 0.2) is 0 Å². The van der Waals surface area contributed by atoms with E-state index >= 15 is 0 Å². The van der Waals surface area contributed by atoms with Gasteiger partial charge in [-0.15, -0.1) is 0 Å².